The van der Waals surface area contributed by atoms with E-state index in [1.807, 2.05) is 32.8 Å². The molecule has 0 saturated heterocycles. The predicted molar refractivity (Wildman–Crippen MR) is 70.6 cm³/mol. The lowest BCUT2D eigenvalue weighted by Gasteiger charge is -2.21. The Labute approximate surface area is 109 Å². The summed E-state index contributed by atoms with van der Waals surface area (Å²) in [6, 6.07) is -0.588. The smallest absolute Gasteiger partial charge is 0.315 e. The van der Waals surface area contributed by atoms with Gasteiger partial charge in [-0.25, -0.2) is 4.79 Å². The van der Waals surface area contributed by atoms with Gasteiger partial charge in [0.2, 0.25) is 0 Å². The largest absolute Gasteiger partial charge is 0.481 e. The first kappa shape index (κ1) is 16.7. The molecule has 0 aromatic carbocycles. The molecule has 106 valence electrons. The minimum Gasteiger partial charge on any atom is -0.481 e. The molecule has 0 aliphatic heterocycles. The van der Waals surface area contributed by atoms with E-state index >= 15 is 0 Å². The third kappa shape index (κ3) is 8.81. The third-order valence-electron chi connectivity index (χ3n) is 2.41. The Morgan fingerprint density at radius 2 is 1.89 bits per heavy atom. The van der Waals surface area contributed by atoms with Crippen molar-refractivity contribution in [3.8, 4) is 0 Å². The Bertz CT molecular complexity index is 269. The lowest BCUT2D eigenvalue weighted by molar-refractivity contribution is -0.137. The predicted octanol–water partition coefficient (Wildman–Crippen LogP) is 0.879. The number of nitrogens with zero attached hydrogens (tertiary/aromatic N) is 1. The van der Waals surface area contributed by atoms with Crippen molar-refractivity contribution >= 4 is 12.0 Å². The van der Waals surface area contributed by atoms with Crippen molar-refractivity contribution in [2.45, 2.75) is 45.2 Å². The van der Waals surface area contributed by atoms with Gasteiger partial charge in [0.1, 0.15) is 0 Å². The summed E-state index contributed by atoms with van der Waals surface area (Å²) in [5.74, 6) is -0.893. The molecule has 2 amide bonds. The van der Waals surface area contributed by atoms with Crippen LogP contribution in [0.5, 0.6) is 0 Å². The fourth-order valence-corrected chi connectivity index (χ4v) is 1.83. The van der Waals surface area contributed by atoms with Gasteiger partial charge < -0.3 is 20.6 Å². The van der Waals surface area contributed by atoms with E-state index < -0.39 is 5.97 Å². The van der Waals surface area contributed by atoms with Gasteiger partial charge in [0.15, 0.2) is 0 Å². The van der Waals surface area contributed by atoms with Crippen molar-refractivity contribution in [3.63, 3.8) is 0 Å². The zero-order chi connectivity index (χ0) is 14.1. The second kappa shape index (κ2) is 8.74. The first-order chi connectivity index (χ1) is 8.35. The number of likely N-dealkylation sites (N-methyl/N-ethyl adjacent to an activating group) is 1. The van der Waals surface area contributed by atoms with E-state index in [2.05, 4.69) is 10.6 Å². The maximum atomic E-state index is 11.7. The molecule has 0 aromatic rings. The molecule has 6 heteroatoms. The van der Waals surface area contributed by atoms with Crippen LogP contribution >= 0.6 is 0 Å². The lowest BCUT2D eigenvalue weighted by atomic mass is 10.1. The second-order valence-corrected chi connectivity index (χ2v) is 4.86. The Hall–Kier alpha value is -1.30. The Morgan fingerprint density at radius 1 is 1.28 bits per heavy atom. The van der Waals surface area contributed by atoms with Crippen molar-refractivity contribution in [2.75, 3.05) is 20.6 Å². The van der Waals surface area contributed by atoms with Crippen LogP contribution in [-0.2, 0) is 4.79 Å². The molecule has 3 N–H and O–H groups in total. The van der Waals surface area contributed by atoms with Crippen LogP contribution in [0.25, 0.3) is 0 Å². The number of amides is 2. The van der Waals surface area contributed by atoms with Crippen LogP contribution in [0.4, 0.5) is 4.79 Å². The quantitative estimate of drug-likeness (QED) is 0.604. The van der Waals surface area contributed by atoms with E-state index in [-0.39, 0.29) is 24.5 Å². The van der Waals surface area contributed by atoms with Gasteiger partial charge in [0.25, 0.3) is 0 Å². The van der Waals surface area contributed by atoms with E-state index in [1.54, 1.807) is 0 Å². The van der Waals surface area contributed by atoms with E-state index in [9.17, 15) is 9.59 Å². The summed E-state index contributed by atoms with van der Waals surface area (Å²) in [4.78, 5) is 24.3. The van der Waals surface area contributed by atoms with E-state index in [0.717, 1.165) is 13.0 Å². The molecule has 6 nitrogen and oxygen atoms in total. The average molecular weight is 259 g/mol. The molecule has 0 bridgehead atoms. The molecule has 0 aliphatic rings. The van der Waals surface area contributed by atoms with Gasteiger partial charge in [-0.1, -0.05) is 13.3 Å². The van der Waals surface area contributed by atoms with Crippen molar-refractivity contribution < 1.29 is 14.7 Å². The molecule has 0 spiro atoms. The number of rotatable bonds is 8. The lowest BCUT2D eigenvalue weighted by Crippen LogP contribution is -2.48. The highest BCUT2D eigenvalue weighted by Gasteiger charge is 2.16. The van der Waals surface area contributed by atoms with Crippen LogP contribution in [0.1, 0.15) is 33.1 Å². The van der Waals surface area contributed by atoms with Crippen LogP contribution < -0.4 is 10.6 Å². The highest BCUT2D eigenvalue weighted by Crippen LogP contribution is 2.01. The van der Waals surface area contributed by atoms with Crippen LogP contribution in [-0.4, -0.2) is 54.7 Å². The summed E-state index contributed by atoms with van der Waals surface area (Å²) in [5, 5.41) is 14.2. The molecule has 0 saturated carbocycles. The van der Waals surface area contributed by atoms with Crippen molar-refractivity contribution in [1.29, 1.82) is 0 Å². The molecule has 18 heavy (non-hydrogen) atoms. The summed E-state index contributed by atoms with van der Waals surface area (Å²) < 4.78 is 0. The molecule has 0 fully saturated rings. The molecule has 2 unspecified atom stereocenters. The van der Waals surface area contributed by atoms with Crippen LogP contribution in [0.15, 0.2) is 0 Å². The number of aliphatic carboxylic acids is 1. The maximum absolute atomic E-state index is 11.7. The summed E-state index contributed by atoms with van der Waals surface area (Å²) in [7, 11) is 3.86. The number of hydrogen-bond donors (Lipinski definition) is 3. The number of carboxylic acid groups (broad SMARTS) is 1. The van der Waals surface area contributed by atoms with Gasteiger partial charge in [0.05, 0.1) is 6.42 Å². The third-order valence-corrected chi connectivity index (χ3v) is 2.41. The zero-order valence-electron chi connectivity index (χ0n) is 11.7. The summed E-state index contributed by atoms with van der Waals surface area (Å²) in [5.41, 5.74) is 0. The van der Waals surface area contributed by atoms with Gasteiger partial charge in [0, 0.05) is 18.6 Å². The number of hydrogen-bond acceptors (Lipinski definition) is 3. The fourth-order valence-electron chi connectivity index (χ4n) is 1.83. The monoisotopic (exact) mass is 259 g/mol. The SMILES string of the molecule is CCCC(CC(=O)O)NC(=O)NC(C)CN(C)C. The molecular formula is C12H25N3O3. The molecule has 0 radical (unpaired) electrons. The summed E-state index contributed by atoms with van der Waals surface area (Å²) in [6.07, 6.45) is 1.47. The molecular weight excluding hydrogens is 234 g/mol. The Morgan fingerprint density at radius 3 is 2.33 bits per heavy atom. The van der Waals surface area contributed by atoms with Crippen LogP contribution in [0.2, 0.25) is 0 Å². The molecule has 0 aromatic heterocycles. The van der Waals surface area contributed by atoms with Crippen LogP contribution in [0, 0.1) is 0 Å². The fraction of sp³-hybridized carbons (Fsp3) is 0.833. The summed E-state index contributed by atoms with van der Waals surface area (Å²) >= 11 is 0. The standard InChI is InChI=1S/C12H25N3O3/c1-5-6-10(7-11(16)17)14-12(18)13-9(2)8-15(3)4/h9-10H,5-8H2,1-4H3,(H,16,17)(H2,13,14,18). The number of urea groups is 1. The molecule has 2 atom stereocenters. The Balaban J connectivity index is 4.12. The van der Waals surface area contributed by atoms with Crippen molar-refractivity contribution in [1.82, 2.24) is 15.5 Å². The summed E-state index contributed by atoms with van der Waals surface area (Å²) in [6.45, 7) is 4.61. The van der Waals surface area contributed by atoms with E-state index in [1.165, 1.54) is 0 Å². The molecule has 0 aliphatic carbocycles. The van der Waals surface area contributed by atoms with Crippen molar-refractivity contribution in [3.05, 3.63) is 0 Å². The number of carbonyl (C=O) groups is 2. The molecule has 0 heterocycles. The van der Waals surface area contributed by atoms with Gasteiger partial charge in [-0.2, -0.15) is 0 Å². The van der Waals surface area contributed by atoms with Crippen LogP contribution in [0.3, 0.4) is 0 Å². The van der Waals surface area contributed by atoms with Gasteiger partial charge in [-0.3, -0.25) is 4.79 Å². The number of carboxylic acids is 1. The van der Waals surface area contributed by atoms with Gasteiger partial charge in [-0.05, 0) is 27.4 Å². The first-order valence-corrected chi connectivity index (χ1v) is 6.28. The average Bonchev–Trinajstić information content (AvgIpc) is 2.14. The van der Waals surface area contributed by atoms with E-state index in [0.29, 0.717) is 6.42 Å². The normalized spacial score (nSPS) is 14.1. The first-order valence-electron chi connectivity index (χ1n) is 6.28. The Kier molecular flexibility index (Phi) is 8.11. The number of nitrogens with one attached hydrogen (secondary N) is 2. The maximum Gasteiger partial charge on any atom is 0.315 e. The highest BCUT2D eigenvalue weighted by atomic mass is 16.4. The highest BCUT2D eigenvalue weighted by molar-refractivity contribution is 5.76. The van der Waals surface area contributed by atoms with E-state index in [4.69, 9.17) is 5.11 Å². The molecule has 0 rings (SSSR count). The minimum atomic E-state index is -0.893. The van der Waals surface area contributed by atoms with Gasteiger partial charge >= 0.3 is 12.0 Å². The van der Waals surface area contributed by atoms with Crippen molar-refractivity contribution in [2.24, 2.45) is 0 Å². The van der Waals surface area contributed by atoms with Gasteiger partial charge in [-0.15, -0.1) is 0 Å². The topological polar surface area (TPSA) is 81.7 Å². The minimum absolute atomic E-state index is 0.0205. The zero-order valence-corrected chi connectivity index (χ0v) is 11.7. The second-order valence-electron chi connectivity index (χ2n) is 4.86. The number of carbonyl (C=O) groups excluding carboxylic acids is 1.